The van der Waals surface area contributed by atoms with Crippen molar-refractivity contribution in [3.05, 3.63) is 6.42 Å². The Balaban J connectivity index is 1.47. The zero-order valence-electron chi connectivity index (χ0n) is 10.5. The standard InChI is InChI=1S/C14H27N2/c1(7-13-9-3-5-11-15-13)2-8-14-10-4-6-12-16-14/h1,13-16H,2-12H2. The Morgan fingerprint density at radius 2 is 1.56 bits per heavy atom. The highest BCUT2D eigenvalue weighted by atomic mass is 14.9. The van der Waals surface area contributed by atoms with Crippen LogP contribution in [-0.2, 0) is 0 Å². The summed E-state index contributed by atoms with van der Waals surface area (Å²) in [4.78, 5) is 0. The Hall–Kier alpha value is -0.0800. The summed E-state index contributed by atoms with van der Waals surface area (Å²) in [5.74, 6) is 0. The van der Waals surface area contributed by atoms with Gasteiger partial charge in [0.05, 0.1) is 0 Å². The molecule has 0 aromatic rings. The largest absolute Gasteiger partial charge is 0.314 e. The highest BCUT2D eigenvalue weighted by Gasteiger charge is 2.14. The fourth-order valence-electron chi connectivity index (χ4n) is 2.93. The molecule has 2 heteroatoms. The quantitative estimate of drug-likeness (QED) is 0.700. The van der Waals surface area contributed by atoms with E-state index in [1.165, 1.54) is 70.9 Å². The topological polar surface area (TPSA) is 24.1 Å². The van der Waals surface area contributed by atoms with E-state index in [-0.39, 0.29) is 0 Å². The van der Waals surface area contributed by atoms with Crippen molar-refractivity contribution in [2.45, 2.75) is 69.9 Å². The predicted molar refractivity (Wildman–Crippen MR) is 69.4 cm³/mol. The van der Waals surface area contributed by atoms with Crippen LogP contribution < -0.4 is 10.6 Å². The lowest BCUT2D eigenvalue weighted by atomic mass is 9.96. The van der Waals surface area contributed by atoms with E-state index in [4.69, 9.17) is 0 Å². The molecule has 2 nitrogen and oxygen atoms in total. The summed E-state index contributed by atoms with van der Waals surface area (Å²) in [6.07, 6.45) is 14.9. The van der Waals surface area contributed by atoms with Crippen LogP contribution in [0.1, 0.15) is 57.8 Å². The SMILES string of the molecule is [CH](CCC1CCCCN1)CC1CCCCN1. The highest BCUT2D eigenvalue weighted by Crippen LogP contribution is 2.16. The Kier molecular flexibility index (Phi) is 5.64. The molecule has 2 aliphatic rings. The third kappa shape index (κ3) is 4.42. The molecule has 0 aromatic heterocycles. The smallest absolute Gasteiger partial charge is 0.00698 e. The summed E-state index contributed by atoms with van der Waals surface area (Å²) >= 11 is 0. The molecule has 2 atom stereocenters. The van der Waals surface area contributed by atoms with Crippen LogP contribution in [0.4, 0.5) is 0 Å². The van der Waals surface area contributed by atoms with Gasteiger partial charge in [-0.15, -0.1) is 0 Å². The summed E-state index contributed by atoms with van der Waals surface area (Å²) in [5, 5.41) is 7.23. The first-order valence-corrected chi connectivity index (χ1v) is 7.23. The van der Waals surface area contributed by atoms with E-state index in [1.54, 1.807) is 0 Å². The lowest BCUT2D eigenvalue weighted by Gasteiger charge is -2.25. The molecule has 1 radical (unpaired) electrons. The molecule has 2 fully saturated rings. The van der Waals surface area contributed by atoms with Gasteiger partial charge >= 0.3 is 0 Å². The molecule has 0 aliphatic carbocycles. The highest BCUT2D eigenvalue weighted by molar-refractivity contribution is 4.81. The molecule has 2 saturated heterocycles. The van der Waals surface area contributed by atoms with Gasteiger partial charge < -0.3 is 10.6 Å². The minimum absolute atomic E-state index is 0.785. The molecule has 0 bridgehead atoms. The van der Waals surface area contributed by atoms with E-state index in [9.17, 15) is 0 Å². The fourth-order valence-corrected chi connectivity index (χ4v) is 2.93. The number of rotatable bonds is 5. The van der Waals surface area contributed by atoms with Crippen LogP contribution in [0.2, 0.25) is 0 Å². The normalized spacial score (nSPS) is 31.5. The molecule has 93 valence electrons. The minimum atomic E-state index is 0.785. The molecule has 2 aliphatic heterocycles. The van der Waals surface area contributed by atoms with E-state index in [1.807, 2.05) is 0 Å². The van der Waals surface area contributed by atoms with Gasteiger partial charge in [0.2, 0.25) is 0 Å². The van der Waals surface area contributed by atoms with Crippen molar-refractivity contribution in [2.24, 2.45) is 0 Å². The summed E-state index contributed by atoms with van der Waals surface area (Å²) in [7, 11) is 0. The van der Waals surface area contributed by atoms with Crippen molar-refractivity contribution >= 4 is 0 Å². The van der Waals surface area contributed by atoms with Crippen LogP contribution in [0, 0.1) is 6.42 Å². The summed E-state index contributed by atoms with van der Waals surface area (Å²) in [6, 6.07) is 1.59. The molecule has 0 saturated carbocycles. The van der Waals surface area contributed by atoms with Crippen LogP contribution in [-0.4, -0.2) is 25.2 Å². The monoisotopic (exact) mass is 223 g/mol. The molecular weight excluding hydrogens is 196 g/mol. The van der Waals surface area contributed by atoms with Gasteiger partial charge in [-0.1, -0.05) is 12.8 Å². The number of hydrogen-bond acceptors (Lipinski definition) is 2. The lowest BCUT2D eigenvalue weighted by Crippen LogP contribution is -2.35. The first-order valence-electron chi connectivity index (χ1n) is 7.23. The minimum Gasteiger partial charge on any atom is -0.314 e. The molecule has 2 N–H and O–H groups in total. The summed E-state index contributed by atoms with van der Waals surface area (Å²) in [6.45, 7) is 2.48. The van der Waals surface area contributed by atoms with Gasteiger partial charge in [-0.05, 0) is 64.5 Å². The van der Waals surface area contributed by atoms with Crippen LogP contribution >= 0.6 is 0 Å². The zero-order chi connectivity index (χ0) is 11.1. The second kappa shape index (κ2) is 7.29. The van der Waals surface area contributed by atoms with E-state index in [0.29, 0.717) is 0 Å². The Morgan fingerprint density at radius 1 is 0.875 bits per heavy atom. The second-order valence-corrected chi connectivity index (χ2v) is 5.40. The maximum atomic E-state index is 3.62. The van der Waals surface area contributed by atoms with Gasteiger partial charge in [-0.25, -0.2) is 0 Å². The maximum Gasteiger partial charge on any atom is 0.00698 e. The second-order valence-electron chi connectivity index (χ2n) is 5.40. The first-order chi connectivity index (χ1) is 7.95. The summed E-state index contributed by atoms with van der Waals surface area (Å²) < 4.78 is 0. The van der Waals surface area contributed by atoms with Crippen molar-refractivity contribution < 1.29 is 0 Å². The van der Waals surface area contributed by atoms with E-state index in [2.05, 4.69) is 17.1 Å². The molecule has 2 heterocycles. The number of unbranched alkanes of at least 4 members (excludes halogenated alkanes) is 1. The van der Waals surface area contributed by atoms with Crippen LogP contribution in [0.25, 0.3) is 0 Å². The van der Waals surface area contributed by atoms with Gasteiger partial charge in [-0.3, -0.25) is 0 Å². The average molecular weight is 223 g/mol. The molecular formula is C14H27N2. The van der Waals surface area contributed by atoms with Crippen molar-refractivity contribution in [1.29, 1.82) is 0 Å². The number of nitrogens with one attached hydrogen (secondary N) is 2. The van der Waals surface area contributed by atoms with Crippen molar-refractivity contribution in [3.63, 3.8) is 0 Å². The molecule has 16 heavy (non-hydrogen) atoms. The van der Waals surface area contributed by atoms with Crippen molar-refractivity contribution in [1.82, 2.24) is 10.6 Å². The van der Waals surface area contributed by atoms with Crippen molar-refractivity contribution in [2.75, 3.05) is 13.1 Å². The third-order valence-corrected chi connectivity index (χ3v) is 4.00. The summed E-state index contributed by atoms with van der Waals surface area (Å²) in [5.41, 5.74) is 0. The van der Waals surface area contributed by atoms with Gasteiger partial charge in [0.25, 0.3) is 0 Å². The van der Waals surface area contributed by atoms with E-state index >= 15 is 0 Å². The first kappa shape index (κ1) is 12.4. The van der Waals surface area contributed by atoms with E-state index < -0.39 is 0 Å². The Morgan fingerprint density at radius 3 is 2.19 bits per heavy atom. The zero-order valence-corrected chi connectivity index (χ0v) is 10.5. The van der Waals surface area contributed by atoms with Crippen LogP contribution in [0.15, 0.2) is 0 Å². The molecule has 2 rings (SSSR count). The van der Waals surface area contributed by atoms with Gasteiger partial charge in [0, 0.05) is 12.1 Å². The molecule has 0 aromatic carbocycles. The van der Waals surface area contributed by atoms with Crippen molar-refractivity contribution in [3.8, 4) is 0 Å². The third-order valence-electron chi connectivity index (χ3n) is 4.00. The van der Waals surface area contributed by atoms with Gasteiger partial charge in [0.1, 0.15) is 0 Å². The maximum absolute atomic E-state index is 3.62. The fraction of sp³-hybridized carbons (Fsp3) is 0.929. The van der Waals surface area contributed by atoms with E-state index in [0.717, 1.165) is 12.1 Å². The van der Waals surface area contributed by atoms with Crippen LogP contribution in [0.5, 0.6) is 0 Å². The van der Waals surface area contributed by atoms with Crippen LogP contribution in [0.3, 0.4) is 0 Å². The lowest BCUT2D eigenvalue weighted by molar-refractivity contribution is 0.370. The molecule has 2 unspecified atom stereocenters. The van der Waals surface area contributed by atoms with Gasteiger partial charge in [-0.2, -0.15) is 0 Å². The van der Waals surface area contributed by atoms with Gasteiger partial charge in [0.15, 0.2) is 0 Å². The number of piperidine rings is 2. The molecule has 0 spiro atoms. The Labute approximate surface area is 101 Å². The number of hydrogen-bond donors (Lipinski definition) is 2. The average Bonchev–Trinajstić information content (AvgIpc) is 2.37. The predicted octanol–water partition coefficient (Wildman–Crippen LogP) is 2.65. The molecule has 0 amide bonds. The Bertz CT molecular complexity index is 150.